The van der Waals surface area contributed by atoms with Crippen molar-refractivity contribution >= 4 is 11.6 Å². The molecule has 88 valence electrons. The zero-order chi connectivity index (χ0) is 12.6. The number of hydrogen-bond acceptors (Lipinski definition) is 2. The molecule has 1 aromatic carbocycles. The van der Waals surface area contributed by atoms with Crippen LogP contribution < -0.4 is 5.56 Å². The Morgan fingerprint density at radius 3 is 2.65 bits per heavy atom. The van der Waals surface area contributed by atoms with Crippen LogP contribution in [0.1, 0.15) is 11.3 Å². The fourth-order valence-corrected chi connectivity index (χ4v) is 1.82. The van der Waals surface area contributed by atoms with Crippen molar-refractivity contribution in [1.29, 1.82) is 0 Å². The minimum Gasteiger partial charge on any atom is -0.304 e. The average Bonchev–Trinajstić information content (AvgIpc) is 2.25. The lowest BCUT2D eigenvalue weighted by molar-refractivity contribution is 0.589. The average molecular weight is 253 g/mol. The van der Waals surface area contributed by atoms with E-state index in [-0.39, 0.29) is 5.69 Å². The van der Waals surface area contributed by atoms with Crippen molar-refractivity contribution in [3.63, 3.8) is 0 Å². The second-order valence-electron chi connectivity index (χ2n) is 3.77. The second-order valence-corrected chi connectivity index (χ2v) is 4.21. The van der Waals surface area contributed by atoms with E-state index in [0.717, 1.165) is 11.1 Å². The smallest absolute Gasteiger partial charge is 0.287 e. The van der Waals surface area contributed by atoms with E-state index in [0.29, 0.717) is 10.8 Å². The number of aryl methyl sites for hydroxylation is 2. The molecule has 17 heavy (non-hydrogen) atoms. The highest BCUT2D eigenvalue weighted by atomic mass is 35.5. The molecular weight excluding hydrogens is 243 g/mol. The van der Waals surface area contributed by atoms with E-state index < -0.39 is 11.4 Å². The standard InChI is InChI=1S/C12H10ClFN2O/c1-6-5-8(13)3-4-9(6)11-15-7(2)10(14)12(17)16-11/h3-5H,1-2H3,(H,15,16,17). The Kier molecular flexibility index (Phi) is 2.98. The third kappa shape index (κ3) is 2.22. The highest BCUT2D eigenvalue weighted by Crippen LogP contribution is 2.22. The first kappa shape index (κ1) is 11.8. The fraction of sp³-hybridized carbons (Fsp3) is 0.167. The zero-order valence-corrected chi connectivity index (χ0v) is 10.1. The number of aromatic nitrogens is 2. The van der Waals surface area contributed by atoms with Gasteiger partial charge in [0.2, 0.25) is 5.82 Å². The van der Waals surface area contributed by atoms with E-state index in [4.69, 9.17) is 11.6 Å². The molecule has 0 unspecified atom stereocenters. The number of H-pyrrole nitrogens is 1. The predicted molar refractivity (Wildman–Crippen MR) is 64.7 cm³/mol. The van der Waals surface area contributed by atoms with Crippen LogP contribution in [0.15, 0.2) is 23.0 Å². The van der Waals surface area contributed by atoms with Crippen LogP contribution in [0.25, 0.3) is 11.4 Å². The molecule has 2 aromatic rings. The summed E-state index contributed by atoms with van der Waals surface area (Å²) in [6.45, 7) is 3.30. The Morgan fingerprint density at radius 2 is 2.06 bits per heavy atom. The number of rotatable bonds is 1. The monoisotopic (exact) mass is 252 g/mol. The van der Waals surface area contributed by atoms with Crippen LogP contribution in [-0.2, 0) is 0 Å². The first-order valence-electron chi connectivity index (χ1n) is 5.02. The summed E-state index contributed by atoms with van der Waals surface area (Å²) in [7, 11) is 0. The first-order chi connectivity index (χ1) is 7.99. The topological polar surface area (TPSA) is 45.8 Å². The Morgan fingerprint density at radius 1 is 1.35 bits per heavy atom. The Labute approximate surface area is 102 Å². The number of nitrogens with zero attached hydrogens (tertiary/aromatic N) is 1. The summed E-state index contributed by atoms with van der Waals surface area (Å²) in [5, 5.41) is 0.604. The number of hydrogen-bond donors (Lipinski definition) is 1. The van der Waals surface area contributed by atoms with Gasteiger partial charge in [0.25, 0.3) is 5.56 Å². The van der Waals surface area contributed by atoms with Gasteiger partial charge in [0.15, 0.2) is 0 Å². The lowest BCUT2D eigenvalue weighted by Crippen LogP contribution is -2.15. The molecule has 3 nitrogen and oxygen atoms in total. The predicted octanol–water partition coefficient (Wildman–Crippen LogP) is 2.85. The molecular formula is C12H10ClFN2O. The maximum absolute atomic E-state index is 13.2. The van der Waals surface area contributed by atoms with E-state index in [9.17, 15) is 9.18 Å². The second kappa shape index (κ2) is 4.30. The highest BCUT2D eigenvalue weighted by molar-refractivity contribution is 6.30. The van der Waals surface area contributed by atoms with E-state index in [1.165, 1.54) is 6.92 Å². The molecule has 0 atom stereocenters. The molecule has 0 fully saturated rings. The third-order valence-electron chi connectivity index (χ3n) is 2.47. The van der Waals surface area contributed by atoms with Gasteiger partial charge in [0, 0.05) is 10.6 Å². The molecule has 1 heterocycles. The molecule has 5 heteroatoms. The molecule has 0 saturated heterocycles. The van der Waals surface area contributed by atoms with Gasteiger partial charge in [-0.3, -0.25) is 4.79 Å². The summed E-state index contributed by atoms with van der Waals surface area (Å²) in [6.07, 6.45) is 0. The third-order valence-corrected chi connectivity index (χ3v) is 2.71. The van der Waals surface area contributed by atoms with Crippen LogP contribution in [0.4, 0.5) is 4.39 Å². The van der Waals surface area contributed by atoms with Gasteiger partial charge in [-0.25, -0.2) is 4.98 Å². The number of halogens is 2. The van der Waals surface area contributed by atoms with E-state index >= 15 is 0 Å². The molecule has 0 aliphatic carbocycles. The van der Waals surface area contributed by atoms with Gasteiger partial charge in [-0.2, -0.15) is 4.39 Å². The Bertz CT molecular complexity index is 637. The Hall–Kier alpha value is -1.68. The zero-order valence-electron chi connectivity index (χ0n) is 9.34. The minimum atomic E-state index is -0.847. The van der Waals surface area contributed by atoms with Gasteiger partial charge in [-0.1, -0.05) is 11.6 Å². The van der Waals surface area contributed by atoms with Crippen molar-refractivity contribution in [2.75, 3.05) is 0 Å². The molecule has 0 aliphatic heterocycles. The van der Waals surface area contributed by atoms with E-state index in [1.807, 2.05) is 6.92 Å². The van der Waals surface area contributed by atoms with E-state index in [2.05, 4.69) is 9.97 Å². The first-order valence-corrected chi connectivity index (χ1v) is 5.40. The molecule has 0 amide bonds. The van der Waals surface area contributed by atoms with Gasteiger partial charge in [-0.05, 0) is 37.6 Å². The van der Waals surface area contributed by atoms with Gasteiger partial charge in [0.1, 0.15) is 5.82 Å². The number of nitrogens with one attached hydrogen (secondary N) is 1. The fourth-order valence-electron chi connectivity index (χ4n) is 1.59. The van der Waals surface area contributed by atoms with Crippen molar-refractivity contribution in [1.82, 2.24) is 9.97 Å². The molecule has 1 N–H and O–H groups in total. The molecule has 2 rings (SSSR count). The lowest BCUT2D eigenvalue weighted by Gasteiger charge is -2.06. The quantitative estimate of drug-likeness (QED) is 0.848. The Balaban J connectivity index is 2.65. The minimum absolute atomic E-state index is 0.0816. The molecule has 0 saturated carbocycles. The van der Waals surface area contributed by atoms with Crippen LogP contribution in [0, 0.1) is 19.7 Å². The van der Waals surface area contributed by atoms with Crippen molar-refractivity contribution in [2.45, 2.75) is 13.8 Å². The molecule has 0 spiro atoms. The number of benzene rings is 1. The van der Waals surface area contributed by atoms with Crippen LogP contribution in [0.3, 0.4) is 0 Å². The summed E-state index contributed by atoms with van der Waals surface area (Å²) in [5.74, 6) is -0.497. The van der Waals surface area contributed by atoms with Crippen molar-refractivity contribution in [2.24, 2.45) is 0 Å². The summed E-state index contributed by atoms with van der Waals surface area (Å²) >= 11 is 5.84. The lowest BCUT2D eigenvalue weighted by atomic mass is 10.1. The molecule has 1 aromatic heterocycles. The SMILES string of the molecule is Cc1cc(Cl)ccc1-c1nc(C)c(F)c(=O)[nH]1. The van der Waals surface area contributed by atoms with Gasteiger partial charge in [-0.15, -0.1) is 0 Å². The number of aromatic amines is 1. The van der Waals surface area contributed by atoms with Gasteiger partial charge in [0.05, 0.1) is 5.69 Å². The molecule has 0 radical (unpaired) electrons. The van der Waals surface area contributed by atoms with Crippen LogP contribution in [-0.4, -0.2) is 9.97 Å². The largest absolute Gasteiger partial charge is 0.304 e. The summed E-state index contributed by atoms with van der Waals surface area (Å²) < 4.78 is 13.2. The summed E-state index contributed by atoms with van der Waals surface area (Å²) in [5.41, 5.74) is 0.918. The molecule has 0 aliphatic rings. The van der Waals surface area contributed by atoms with Gasteiger partial charge < -0.3 is 4.98 Å². The van der Waals surface area contributed by atoms with E-state index in [1.54, 1.807) is 18.2 Å². The van der Waals surface area contributed by atoms with Crippen LogP contribution in [0.2, 0.25) is 5.02 Å². The highest BCUT2D eigenvalue weighted by Gasteiger charge is 2.10. The van der Waals surface area contributed by atoms with Gasteiger partial charge >= 0.3 is 0 Å². The molecule has 0 bridgehead atoms. The summed E-state index contributed by atoms with van der Waals surface area (Å²) in [6, 6.07) is 5.20. The van der Waals surface area contributed by atoms with Crippen molar-refractivity contribution in [3.8, 4) is 11.4 Å². The summed E-state index contributed by atoms with van der Waals surface area (Å²) in [4.78, 5) is 17.7. The normalized spacial score (nSPS) is 10.6. The van der Waals surface area contributed by atoms with Crippen LogP contribution >= 0.6 is 11.6 Å². The van der Waals surface area contributed by atoms with Crippen LogP contribution in [0.5, 0.6) is 0 Å². The maximum Gasteiger partial charge on any atom is 0.287 e. The van der Waals surface area contributed by atoms with Crippen molar-refractivity contribution in [3.05, 3.63) is 50.7 Å². The maximum atomic E-state index is 13.2. The van der Waals surface area contributed by atoms with Crippen molar-refractivity contribution < 1.29 is 4.39 Å².